The zero-order chi connectivity index (χ0) is 71.8. The molecule has 0 aromatic rings. The topological polar surface area (TPSA) is 237 Å². The van der Waals surface area contributed by atoms with Crippen molar-refractivity contribution < 1.29 is 80.2 Å². The highest BCUT2D eigenvalue weighted by Gasteiger charge is 2.30. The summed E-state index contributed by atoms with van der Waals surface area (Å²) < 4.78 is 68.5. The molecular formula is C79H142O17P2. The quantitative estimate of drug-likeness (QED) is 0.0169. The molecule has 0 aromatic carbocycles. The number of phosphoric acid groups is 2. The zero-order valence-corrected chi connectivity index (χ0v) is 64.0. The van der Waals surface area contributed by atoms with Gasteiger partial charge in [-0.1, -0.05) is 300 Å². The van der Waals surface area contributed by atoms with Gasteiger partial charge in [0.1, 0.15) is 19.3 Å². The Hall–Kier alpha value is -3.50. The fourth-order valence-corrected chi connectivity index (χ4v) is 12.2. The van der Waals surface area contributed by atoms with E-state index >= 15 is 0 Å². The number of allylic oxidation sites excluding steroid dienone is 12. The molecule has 0 radical (unpaired) electrons. The fourth-order valence-electron chi connectivity index (χ4n) is 10.7. The Morgan fingerprint density at radius 3 is 0.827 bits per heavy atom. The summed E-state index contributed by atoms with van der Waals surface area (Å²) in [6.45, 7) is 4.79. The van der Waals surface area contributed by atoms with Crippen molar-refractivity contribution in [3.63, 3.8) is 0 Å². The summed E-state index contributed by atoms with van der Waals surface area (Å²) in [5.41, 5.74) is 0. The first kappa shape index (κ1) is 94.5. The molecule has 0 heterocycles. The Morgan fingerprint density at radius 1 is 0.286 bits per heavy atom. The molecule has 0 saturated heterocycles. The molecule has 0 saturated carbocycles. The van der Waals surface area contributed by atoms with Crippen LogP contribution < -0.4 is 0 Å². The number of hydrogen-bond donors (Lipinski definition) is 3. The molecule has 2 unspecified atom stereocenters. The summed E-state index contributed by atoms with van der Waals surface area (Å²) in [6, 6.07) is 0. The average Bonchev–Trinajstić information content (AvgIpc) is 1.05. The normalized spacial score (nSPS) is 14.3. The van der Waals surface area contributed by atoms with E-state index in [2.05, 4.69) is 88.5 Å². The smallest absolute Gasteiger partial charge is 0.462 e. The first-order chi connectivity index (χ1) is 47.7. The molecule has 0 bridgehead atoms. The third kappa shape index (κ3) is 70.9. The van der Waals surface area contributed by atoms with E-state index in [0.717, 1.165) is 116 Å². The van der Waals surface area contributed by atoms with Crippen LogP contribution >= 0.6 is 15.6 Å². The maximum atomic E-state index is 13.1. The van der Waals surface area contributed by atoms with Crippen molar-refractivity contribution in [3.05, 3.63) is 72.9 Å². The van der Waals surface area contributed by atoms with Gasteiger partial charge in [0.25, 0.3) is 0 Å². The van der Waals surface area contributed by atoms with Gasteiger partial charge in [-0.25, -0.2) is 9.13 Å². The minimum atomic E-state index is -4.98. The number of unbranched alkanes of at least 4 members (excludes halogenated alkanes) is 36. The molecule has 5 atom stereocenters. The van der Waals surface area contributed by atoms with E-state index in [1.54, 1.807) is 0 Å². The van der Waals surface area contributed by atoms with Crippen LogP contribution in [0.5, 0.6) is 0 Å². The number of rotatable bonds is 74. The minimum Gasteiger partial charge on any atom is -0.462 e. The third-order valence-corrected chi connectivity index (χ3v) is 18.6. The Kier molecular flexibility index (Phi) is 69.3. The van der Waals surface area contributed by atoms with Gasteiger partial charge in [0, 0.05) is 25.7 Å². The number of esters is 4. The molecule has 0 aliphatic rings. The van der Waals surface area contributed by atoms with E-state index in [0.29, 0.717) is 32.1 Å². The van der Waals surface area contributed by atoms with Crippen molar-refractivity contribution >= 4 is 39.5 Å². The molecule has 0 aliphatic carbocycles. The maximum Gasteiger partial charge on any atom is 0.472 e. The van der Waals surface area contributed by atoms with Crippen molar-refractivity contribution in [2.45, 2.75) is 367 Å². The fraction of sp³-hybridized carbons (Fsp3) is 0.797. The SMILES string of the molecule is CCCCC/C=C\C/C=C\C/C=C\C/C=C\CCCC(=O)OC[C@H](COP(=O)(O)OC[C@H](O)COP(=O)(O)OC[C@@H](COC(=O)CCCCCCCCCCCCCCC)OC(=O)CCCCCCCCCCCCCCC)OC(=O)CCCCCCC/C=C\C/C=C\CCCCC. The number of hydrogen-bond acceptors (Lipinski definition) is 15. The Labute approximate surface area is 596 Å². The van der Waals surface area contributed by atoms with Crippen LogP contribution in [0.2, 0.25) is 0 Å². The first-order valence-electron chi connectivity index (χ1n) is 39.2. The van der Waals surface area contributed by atoms with Crippen LogP contribution in [0, 0.1) is 0 Å². The molecule has 19 heteroatoms. The van der Waals surface area contributed by atoms with Crippen molar-refractivity contribution in [2.24, 2.45) is 0 Å². The summed E-state index contributed by atoms with van der Waals surface area (Å²) in [4.78, 5) is 72.8. The van der Waals surface area contributed by atoms with E-state index < -0.39 is 97.5 Å². The zero-order valence-electron chi connectivity index (χ0n) is 62.2. The lowest BCUT2D eigenvalue weighted by Crippen LogP contribution is -2.30. The number of aliphatic hydroxyl groups is 1. The molecule has 0 aromatic heterocycles. The largest absolute Gasteiger partial charge is 0.472 e. The predicted molar refractivity (Wildman–Crippen MR) is 400 cm³/mol. The number of carbonyl (C=O) groups excluding carboxylic acids is 4. The van der Waals surface area contributed by atoms with Gasteiger partial charge in [-0.3, -0.25) is 37.3 Å². The van der Waals surface area contributed by atoms with Crippen LogP contribution in [0.3, 0.4) is 0 Å². The van der Waals surface area contributed by atoms with Gasteiger partial charge in [0.2, 0.25) is 0 Å². The van der Waals surface area contributed by atoms with Crippen LogP contribution in [-0.2, 0) is 65.4 Å². The molecule has 17 nitrogen and oxygen atoms in total. The van der Waals surface area contributed by atoms with Crippen LogP contribution in [-0.4, -0.2) is 96.7 Å². The number of aliphatic hydroxyl groups excluding tert-OH is 1. The third-order valence-electron chi connectivity index (χ3n) is 16.7. The second-order valence-corrected chi connectivity index (χ2v) is 29.2. The molecule has 0 amide bonds. The van der Waals surface area contributed by atoms with Crippen LogP contribution in [0.4, 0.5) is 0 Å². The standard InChI is InChI=1S/C79H142O17P2/c1-5-9-13-17-21-25-29-33-35-36-38-41-44-48-52-56-60-64-77(82)90-70-75(96-79(84)66-62-58-54-50-46-42-37-34-30-26-22-18-14-10-6-2)72-94-98(87,88)92-68-73(80)67-91-97(85,86)93-71-74(95-78(83)65-61-57-53-49-45-40-32-28-24-20-16-12-8-4)69-89-76(81)63-59-55-51-47-43-39-31-27-23-19-15-11-7-3/h21-22,25-26,33-35,37-38,41,48,52,73-75,80H,5-20,23-24,27-32,36,39-40,42-47,49-51,53-72H2,1-4H3,(H,85,86)(H,87,88)/b25-21-,26-22-,35-33-,37-34-,41-38-,52-48-/t73-,74-,75-/m1/s1. The van der Waals surface area contributed by atoms with E-state index in [1.807, 2.05) is 12.2 Å². The molecule has 570 valence electrons. The van der Waals surface area contributed by atoms with Crippen molar-refractivity contribution in [1.82, 2.24) is 0 Å². The summed E-state index contributed by atoms with van der Waals surface area (Å²) in [5, 5.41) is 10.6. The van der Waals surface area contributed by atoms with Crippen LogP contribution in [0.1, 0.15) is 349 Å². The highest BCUT2D eigenvalue weighted by Crippen LogP contribution is 2.45. The van der Waals surface area contributed by atoms with Gasteiger partial charge in [0.15, 0.2) is 12.2 Å². The molecular weight excluding hydrogens is 1280 g/mol. The highest BCUT2D eigenvalue weighted by molar-refractivity contribution is 7.47. The van der Waals surface area contributed by atoms with E-state index in [1.165, 1.54) is 148 Å². The first-order valence-corrected chi connectivity index (χ1v) is 42.2. The van der Waals surface area contributed by atoms with Crippen LogP contribution in [0.15, 0.2) is 72.9 Å². The number of ether oxygens (including phenoxy) is 4. The van der Waals surface area contributed by atoms with E-state index in [4.69, 9.17) is 37.0 Å². The minimum absolute atomic E-state index is 0.0697. The summed E-state index contributed by atoms with van der Waals surface area (Å²) in [5.74, 6) is -2.23. The second-order valence-electron chi connectivity index (χ2n) is 26.3. The van der Waals surface area contributed by atoms with Gasteiger partial charge in [0.05, 0.1) is 26.4 Å². The predicted octanol–water partition coefficient (Wildman–Crippen LogP) is 22.4. The highest BCUT2D eigenvalue weighted by atomic mass is 31.2. The van der Waals surface area contributed by atoms with Gasteiger partial charge in [-0.05, 0) is 96.3 Å². The number of carbonyl (C=O) groups is 4. The van der Waals surface area contributed by atoms with Crippen molar-refractivity contribution in [1.29, 1.82) is 0 Å². The van der Waals surface area contributed by atoms with Crippen molar-refractivity contribution in [3.8, 4) is 0 Å². The Bertz CT molecular complexity index is 2140. The van der Waals surface area contributed by atoms with Crippen LogP contribution in [0.25, 0.3) is 0 Å². The molecule has 0 fully saturated rings. The Morgan fingerprint density at radius 2 is 0.510 bits per heavy atom. The monoisotopic (exact) mass is 1420 g/mol. The average molecular weight is 1430 g/mol. The number of phosphoric ester groups is 2. The Balaban J connectivity index is 5.38. The van der Waals surface area contributed by atoms with Gasteiger partial charge in [-0.2, -0.15) is 0 Å². The van der Waals surface area contributed by atoms with Gasteiger partial charge in [-0.15, -0.1) is 0 Å². The summed E-state index contributed by atoms with van der Waals surface area (Å²) >= 11 is 0. The molecule has 0 rings (SSSR count). The van der Waals surface area contributed by atoms with Gasteiger partial charge < -0.3 is 33.8 Å². The second kappa shape index (κ2) is 71.9. The van der Waals surface area contributed by atoms with Crippen molar-refractivity contribution in [2.75, 3.05) is 39.6 Å². The van der Waals surface area contributed by atoms with Gasteiger partial charge >= 0.3 is 39.5 Å². The lowest BCUT2D eigenvalue weighted by molar-refractivity contribution is -0.161. The lowest BCUT2D eigenvalue weighted by Gasteiger charge is -2.21. The van der Waals surface area contributed by atoms with E-state index in [-0.39, 0.29) is 25.7 Å². The molecule has 98 heavy (non-hydrogen) atoms. The molecule has 0 aliphatic heterocycles. The summed E-state index contributed by atoms with van der Waals surface area (Å²) in [6.07, 6.45) is 71.7. The maximum absolute atomic E-state index is 13.1. The molecule has 0 spiro atoms. The van der Waals surface area contributed by atoms with E-state index in [9.17, 15) is 43.2 Å². The summed E-state index contributed by atoms with van der Waals surface area (Å²) in [7, 11) is -9.95. The molecule has 3 N–H and O–H groups in total. The lowest BCUT2D eigenvalue weighted by atomic mass is 10.0.